The highest BCUT2D eigenvalue weighted by Gasteiger charge is 2.47. The molecule has 0 bridgehead atoms. The molecule has 2 saturated carbocycles. The van der Waals surface area contributed by atoms with E-state index in [1.807, 2.05) is 0 Å². The molecule has 1 aromatic rings. The van der Waals surface area contributed by atoms with Gasteiger partial charge in [-0.2, -0.15) is 5.10 Å². The fraction of sp³-hybridized carbons (Fsp3) is 0.833. The standard InChI is InChI=1S/C12H19N3S/c1-7(2)6-15-11(13-14-12(15)16)10-4-8-3-9(8)5-10/h7-10H,3-6H2,1-2H3,(H,14,16). The van der Waals surface area contributed by atoms with Gasteiger partial charge in [-0.15, -0.1) is 0 Å². The Balaban J connectivity index is 1.85. The molecule has 2 fully saturated rings. The van der Waals surface area contributed by atoms with E-state index in [-0.39, 0.29) is 0 Å². The summed E-state index contributed by atoms with van der Waals surface area (Å²) in [5.74, 6) is 4.51. The molecule has 2 atom stereocenters. The molecule has 2 aliphatic carbocycles. The zero-order valence-corrected chi connectivity index (χ0v) is 10.8. The van der Waals surface area contributed by atoms with Crippen molar-refractivity contribution in [2.45, 2.75) is 45.6 Å². The van der Waals surface area contributed by atoms with Gasteiger partial charge < -0.3 is 4.57 Å². The van der Waals surface area contributed by atoms with Crippen molar-refractivity contribution < 1.29 is 0 Å². The van der Waals surface area contributed by atoms with Gasteiger partial charge in [-0.05, 0) is 49.2 Å². The first-order valence-electron chi connectivity index (χ1n) is 6.30. The molecule has 3 rings (SSSR count). The Morgan fingerprint density at radius 1 is 1.38 bits per heavy atom. The van der Waals surface area contributed by atoms with Crippen molar-refractivity contribution in [3.63, 3.8) is 0 Å². The predicted octanol–water partition coefficient (Wildman–Crippen LogP) is 3.11. The minimum Gasteiger partial charge on any atom is -0.304 e. The predicted molar refractivity (Wildman–Crippen MR) is 65.8 cm³/mol. The first kappa shape index (κ1) is 10.5. The van der Waals surface area contributed by atoms with Crippen molar-refractivity contribution in [2.75, 3.05) is 0 Å². The van der Waals surface area contributed by atoms with Gasteiger partial charge in [-0.1, -0.05) is 13.8 Å². The van der Waals surface area contributed by atoms with E-state index >= 15 is 0 Å². The van der Waals surface area contributed by atoms with E-state index < -0.39 is 0 Å². The van der Waals surface area contributed by atoms with Crippen LogP contribution in [0.2, 0.25) is 0 Å². The molecule has 0 aliphatic heterocycles. The summed E-state index contributed by atoms with van der Waals surface area (Å²) in [5.41, 5.74) is 0. The van der Waals surface area contributed by atoms with Crippen molar-refractivity contribution in [3.8, 4) is 0 Å². The molecule has 0 aromatic carbocycles. The Morgan fingerprint density at radius 3 is 2.69 bits per heavy atom. The van der Waals surface area contributed by atoms with Crippen molar-refractivity contribution in [3.05, 3.63) is 10.6 Å². The molecule has 0 saturated heterocycles. The first-order valence-corrected chi connectivity index (χ1v) is 6.71. The highest BCUT2D eigenvalue weighted by Crippen LogP contribution is 2.57. The summed E-state index contributed by atoms with van der Waals surface area (Å²) in [6.07, 6.45) is 4.14. The van der Waals surface area contributed by atoms with E-state index in [0.29, 0.717) is 11.8 Å². The summed E-state index contributed by atoms with van der Waals surface area (Å²) in [7, 11) is 0. The summed E-state index contributed by atoms with van der Waals surface area (Å²) < 4.78 is 3.01. The molecule has 1 heterocycles. The van der Waals surface area contributed by atoms with Crippen LogP contribution in [0.3, 0.4) is 0 Å². The number of aromatic nitrogens is 3. The average Bonchev–Trinajstić information content (AvgIpc) is 2.66. The molecule has 0 radical (unpaired) electrons. The third-order valence-corrected chi connectivity index (χ3v) is 4.26. The number of H-pyrrole nitrogens is 1. The second-order valence-corrected chi connectivity index (χ2v) is 6.20. The maximum absolute atomic E-state index is 5.31. The van der Waals surface area contributed by atoms with Crippen LogP contribution in [0.4, 0.5) is 0 Å². The Bertz CT molecular complexity index is 435. The molecular weight excluding hydrogens is 218 g/mol. The van der Waals surface area contributed by atoms with E-state index in [4.69, 9.17) is 12.2 Å². The zero-order chi connectivity index (χ0) is 11.3. The Labute approximate surface area is 101 Å². The highest BCUT2D eigenvalue weighted by atomic mass is 32.1. The van der Waals surface area contributed by atoms with E-state index in [9.17, 15) is 0 Å². The Kier molecular flexibility index (Phi) is 2.42. The lowest BCUT2D eigenvalue weighted by atomic mass is 10.0. The monoisotopic (exact) mass is 237 g/mol. The molecule has 1 aromatic heterocycles. The largest absolute Gasteiger partial charge is 0.304 e. The summed E-state index contributed by atoms with van der Waals surface area (Å²) >= 11 is 5.31. The number of aromatic amines is 1. The summed E-state index contributed by atoms with van der Waals surface area (Å²) in [4.78, 5) is 0. The maximum atomic E-state index is 5.31. The van der Waals surface area contributed by atoms with Crippen molar-refractivity contribution in [2.24, 2.45) is 17.8 Å². The van der Waals surface area contributed by atoms with E-state index in [2.05, 4.69) is 28.6 Å². The van der Waals surface area contributed by atoms with Gasteiger partial charge in [0.25, 0.3) is 0 Å². The van der Waals surface area contributed by atoms with Crippen molar-refractivity contribution >= 4 is 12.2 Å². The van der Waals surface area contributed by atoms with Gasteiger partial charge in [0.15, 0.2) is 4.77 Å². The smallest absolute Gasteiger partial charge is 0.195 e. The molecule has 0 spiro atoms. The van der Waals surface area contributed by atoms with Crippen LogP contribution >= 0.6 is 12.2 Å². The van der Waals surface area contributed by atoms with Crippen LogP contribution in [0, 0.1) is 22.5 Å². The van der Waals surface area contributed by atoms with Crippen LogP contribution in [0.5, 0.6) is 0 Å². The normalized spacial score (nSPS) is 32.1. The molecule has 16 heavy (non-hydrogen) atoms. The SMILES string of the molecule is CC(C)Cn1c(C2CC3CC3C2)n[nH]c1=S. The molecular formula is C12H19N3S. The first-order chi connectivity index (χ1) is 7.65. The quantitative estimate of drug-likeness (QED) is 0.820. The average molecular weight is 237 g/mol. The minimum atomic E-state index is 0.624. The van der Waals surface area contributed by atoms with E-state index in [1.54, 1.807) is 0 Å². The molecule has 2 aliphatic rings. The lowest BCUT2D eigenvalue weighted by Gasteiger charge is -2.14. The molecule has 1 N–H and O–H groups in total. The van der Waals surface area contributed by atoms with Gasteiger partial charge in [0, 0.05) is 12.5 Å². The lowest BCUT2D eigenvalue weighted by molar-refractivity contribution is 0.473. The van der Waals surface area contributed by atoms with Gasteiger partial charge >= 0.3 is 0 Å². The number of fused-ring (bicyclic) bond motifs is 1. The van der Waals surface area contributed by atoms with E-state index in [1.165, 1.54) is 25.1 Å². The number of rotatable bonds is 3. The van der Waals surface area contributed by atoms with Gasteiger partial charge in [0.05, 0.1) is 0 Å². The second-order valence-electron chi connectivity index (χ2n) is 5.82. The Morgan fingerprint density at radius 2 is 2.06 bits per heavy atom. The molecule has 4 heteroatoms. The van der Waals surface area contributed by atoms with Crippen LogP contribution in [-0.4, -0.2) is 14.8 Å². The fourth-order valence-electron chi connectivity index (χ4n) is 3.11. The van der Waals surface area contributed by atoms with Crippen LogP contribution in [-0.2, 0) is 6.54 Å². The number of nitrogens with zero attached hydrogens (tertiary/aromatic N) is 2. The lowest BCUT2D eigenvalue weighted by Crippen LogP contribution is -2.12. The van der Waals surface area contributed by atoms with Gasteiger partial charge in [0.1, 0.15) is 5.82 Å². The van der Waals surface area contributed by atoms with E-state index in [0.717, 1.165) is 23.2 Å². The minimum absolute atomic E-state index is 0.624. The zero-order valence-electron chi connectivity index (χ0n) is 9.94. The summed E-state index contributed by atoms with van der Waals surface area (Å²) in [6.45, 7) is 5.45. The van der Waals surface area contributed by atoms with Crippen LogP contribution in [0.25, 0.3) is 0 Å². The topological polar surface area (TPSA) is 33.6 Å². The third kappa shape index (κ3) is 1.73. The maximum Gasteiger partial charge on any atom is 0.195 e. The Hall–Kier alpha value is -0.640. The van der Waals surface area contributed by atoms with Gasteiger partial charge in [-0.3, -0.25) is 5.10 Å². The molecule has 88 valence electrons. The summed E-state index contributed by atoms with van der Waals surface area (Å²) in [5, 5.41) is 7.42. The fourth-order valence-corrected chi connectivity index (χ4v) is 3.32. The third-order valence-electron chi connectivity index (χ3n) is 3.94. The number of nitrogens with one attached hydrogen (secondary N) is 1. The molecule has 0 amide bonds. The van der Waals surface area contributed by atoms with Crippen LogP contribution in [0.1, 0.15) is 44.9 Å². The number of hydrogen-bond donors (Lipinski definition) is 1. The van der Waals surface area contributed by atoms with Gasteiger partial charge in [0.2, 0.25) is 0 Å². The summed E-state index contributed by atoms with van der Waals surface area (Å²) in [6, 6.07) is 0. The number of hydrogen-bond acceptors (Lipinski definition) is 2. The van der Waals surface area contributed by atoms with Gasteiger partial charge in [-0.25, -0.2) is 0 Å². The highest BCUT2D eigenvalue weighted by molar-refractivity contribution is 7.71. The van der Waals surface area contributed by atoms with Crippen molar-refractivity contribution in [1.82, 2.24) is 14.8 Å². The van der Waals surface area contributed by atoms with Crippen molar-refractivity contribution in [1.29, 1.82) is 0 Å². The van der Waals surface area contributed by atoms with Crippen LogP contribution < -0.4 is 0 Å². The van der Waals surface area contributed by atoms with Crippen LogP contribution in [0.15, 0.2) is 0 Å². The second kappa shape index (κ2) is 3.69. The molecule has 2 unspecified atom stereocenters. The molecule has 3 nitrogen and oxygen atoms in total.